The van der Waals surface area contributed by atoms with Gasteiger partial charge in [0.1, 0.15) is 5.75 Å². The van der Waals surface area contributed by atoms with Gasteiger partial charge >= 0.3 is 0 Å². The Morgan fingerprint density at radius 3 is 2.17 bits per heavy atom. The number of aryl methyl sites for hydroxylation is 2. The van der Waals surface area contributed by atoms with Crippen molar-refractivity contribution in [1.82, 2.24) is 0 Å². The average Bonchev–Trinajstić information content (AvgIpc) is 2.21. The second kappa shape index (κ2) is 6.20. The summed E-state index contributed by atoms with van der Waals surface area (Å²) in [4.78, 5) is 0. The highest BCUT2D eigenvalue weighted by Crippen LogP contribution is 2.17. The van der Waals surface area contributed by atoms with Crippen LogP contribution in [0.25, 0.3) is 0 Å². The van der Waals surface area contributed by atoms with Gasteiger partial charge in [0.2, 0.25) is 0 Å². The minimum Gasteiger partial charge on any atom is -0.493 e. The van der Waals surface area contributed by atoms with Crippen molar-refractivity contribution in [3.63, 3.8) is 0 Å². The molecule has 1 rings (SSSR count). The van der Waals surface area contributed by atoms with Crippen LogP contribution in [0, 0.1) is 19.8 Å². The molecular formula is C13H20O4S. The average molecular weight is 272 g/mol. The van der Waals surface area contributed by atoms with Crippen molar-refractivity contribution in [1.29, 1.82) is 0 Å². The van der Waals surface area contributed by atoms with Crippen LogP contribution in [0.4, 0.5) is 0 Å². The van der Waals surface area contributed by atoms with E-state index in [0.717, 1.165) is 23.1 Å². The lowest BCUT2D eigenvalue weighted by Gasteiger charge is -2.13. The molecule has 1 atom stereocenters. The van der Waals surface area contributed by atoms with E-state index in [9.17, 15) is 8.42 Å². The lowest BCUT2D eigenvalue weighted by molar-refractivity contribution is 0.193. The van der Waals surface area contributed by atoms with Gasteiger partial charge in [-0.1, -0.05) is 13.0 Å². The minimum absolute atomic E-state index is 0.0144. The van der Waals surface area contributed by atoms with E-state index < -0.39 is 10.1 Å². The molecule has 0 aliphatic rings. The van der Waals surface area contributed by atoms with E-state index in [1.54, 1.807) is 0 Å². The molecule has 0 aliphatic heterocycles. The quantitative estimate of drug-likeness (QED) is 0.746. The van der Waals surface area contributed by atoms with Crippen molar-refractivity contribution in [2.75, 3.05) is 19.5 Å². The minimum atomic E-state index is -3.37. The molecule has 0 saturated carbocycles. The molecule has 0 N–H and O–H groups in total. The van der Waals surface area contributed by atoms with Crippen molar-refractivity contribution < 1.29 is 17.3 Å². The van der Waals surface area contributed by atoms with E-state index >= 15 is 0 Å². The first kappa shape index (κ1) is 15.0. The molecule has 0 fully saturated rings. The predicted octanol–water partition coefficient (Wildman–Crippen LogP) is 2.29. The first-order valence-corrected chi connectivity index (χ1v) is 7.63. The van der Waals surface area contributed by atoms with Crippen molar-refractivity contribution in [3.05, 3.63) is 29.3 Å². The summed E-state index contributed by atoms with van der Waals surface area (Å²) in [5.74, 6) is 0.819. The van der Waals surface area contributed by atoms with E-state index in [2.05, 4.69) is 6.07 Å². The van der Waals surface area contributed by atoms with E-state index in [1.165, 1.54) is 0 Å². The monoisotopic (exact) mass is 272 g/mol. The molecule has 102 valence electrons. The van der Waals surface area contributed by atoms with E-state index in [0.29, 0.717) is 6.61 Å². The molecule has 18 heavy (non-hydrogen) atoms. The topological polar surface area (TPSA) is 52.6 Å². The largest absolute Gasteiger partial charge is 0.493 e. The van der Waals surface area contributed by atoms with Crippen LogP contribution in [-0.4, -0.2) is 27.9 Å². The molecule has 4 nitrogen and oxygen atoms in total. The third-order valence-electron chi connectivity index (χ3n) is 2.30. The van der Waals surface area contributed by atoms with Crippen LogP contribution in [-0.2, 0) is 14.3 Å². The van der Waals surface area contributed by atoms with Crippen LogP contribution in [0.1, 0.15) is 18.1 Å². The third-order valence-corrected chi connectivity index (χ3v) is 2.86. The fourth-order valence-electron chi connectivity index (χ4n) is 1.54. The Labute approximate surface area is 109 Å². The molecule has 0 amide bonds. The first-order valence-electron chi connectivity index (χ1n) is 5.82. The number of hydrogen-bond acceptors (Lipinski definition) is 4. The SMILES string of the molecule is Cc1cc(C)cc(OC[C@@H](C)COS(C)(=O)=O)c1. The van der Waals surface area contributed by atoms with Gasteiger partial charge in [-0.15, -0.1) is 0 Å². The van der Waals surface area contributed by atoms with Gasteiger partial charge in [-0.05, 0) is 37.1 Å². The van der Waals surface area contributed by atoms with Crippen LogP contribution in [0.2, 0.25) is 0 Å². The fraction of sp³-hybridized carbons (Fsp3) is 0.538. The Hall–Kier alpha value is -1.07. The highest BCUT2D eigenvalue weighted by Gasteiger charge is 2.08. The summed E-state index contributed by atoms with van der Waals surface area (Å²) in [5, 5.41) is 0. The Morgan fingerprint density at radius 2 is 1.67 bits per heavy atom. The van der Waals surface area contributed by atoms with Gasteiger partial charge in [0.05, 0.1) is 19.5 Å². The molecule has 0 aromatic heterocycles. The van der Waals surface area contributed by atoms with Gasteiger partial charge in [-0.25, -0.2) is 0 Å². The molecule has 0 saturated heterocycles. The zero-order chi connectivity index (χ0) is 13.8. The number of ether oxygens (including phenoxy) is 1. The maximum Gasteiger partial charge on any atom is 0.264 e. The summed E-state index contributed by atoms with van der Waals surface area (Å²) in [5.41, 5.74) is 2.29. The molecule has 1 aromatic carbocycles. The van der Waals surface area contributed by atoms with Gasteiger partial charge in [0.25, 0.3) is 10.1 Å². The second-order valence-electron chi connectivity index (χ2n) is 4.73. The smallest absolute Gasteiger partial charge is 0.264 e. The summed E-state index contributed by atoms with van der Waals surface area (Å²) in [6, 6.07) is 5.98. The zero-order valence-electron chi connectivity index (χ0n) is 11.3. The normalized spacial score (nSPS) is 13.3. The Bertz CT molecular complexity index is 473. The number of rotatable bonds is 6. The number of benzene rings is 1. The van der Waals surface area contributed by atoms with Crippen molar-refractivity contribution in [2.45, 2.75) is 20.8 Å². The van der Waals surface area contributed by atoms with Crippen molar-refractivity contribution in [3.8, 4) is 5.75 Å². The molecular weight excluding hydrogens is 252 g/mol. The molecule has 0 radical (unpaired) electrons. The van der Waals surface area contributed by atoms with Crippen LogP contribution >= 0.6 is 0 Å². The standard InChI is InChI=1S/C13H20O4S/c1-10-5-11(2)7-13(6-10)16-8-12(3)9-17-18(4,14)15/h5-7,12H,8-9H2,1-4H3/t12-/m1/s1. The van der Waals surface area contributed by atoms with Gasteiger partial charge in [0, 0.05) is 5.92 Å². The first-order chi connectivity index (χ1) is 8.26. The molecule has 0 aliphatic carbocycles. The van der Waals surface area contributed by atoms with Gasteiger partial charge in [-0.2, -0.15) is 8.42 Å². The third kappa shape index (κ3) is 6.02. The van der Waals surface area contributed by atoms with E-state index in [1.807, 2.05) is 32.9 Å². The van der Waals surface area contributed by atoms with Crippen LogP contribution < -0.4 is 4.74 Å². The summed E-state index contributed by atoms with van der Waals surface area (Å²) in [6.07, 6.45) is 1.05. The number of hydrogen-bond donors (Lipinski definition) is 0. The highest BCUT2D eigenvalue weighted by atomic mass is 32.2. The summed E-state index contributed by atoms with van der Waals surface area (Å²) < 4.78 is 32.0. The van der Waals surface area contributed by atoms with E-state index in [4.69, 9.17) is 8.92 Å². The van der Waals surface area contributed by atoms with Gasteiger partial charge in [-0.3, -0.25) is 4.18 Å². The second-order valence-corrected chi connectivity index (χ2v) is 6.37. The summed E-state index contributed by atoms with van der Waals surface area (Å²) in [6.45, 7) is 6.47. The molecule has 5 heteroatoms. The maximum atomic E-state index is 10.8. The molecule has 1 aromatic rings. The Balaban J connectivity index is 2.45. The van der Waals surface area contributed by atoms with Crippen LogP contribution in [0.5, 0.6) is 5.75 Å². The Morgan fingerprint density at radius 1 is 1.11 bits per heavy atom. The molecule has 0 spiro atoms. The van der Waals surface area contributed by atoms with Crippen molar-refractivity contribution in [2.24, 2.45) is 5.92 Å². The van der Waals surface area contributed by atoms with Gasteiger partial charge in [0.15, 0.2) is 0 Å². The molecule has 0 unspecified atom stereocenters. The van der Waals surface area contributed by atoms with Crippen molar-refractivity contribution >= 4 is 10.1 Å². The lowest BCUT2D eigenvalue weighted by atomic mass is 10.1. The zero-order valence-corrected chi connectivity index (χ0v) is 12.1. The summed E-state index contributed by atoms with van der Waals surface area (Å²) >= 11 is 0. The maximum absolute atomic E-state index is 10.8. The van der Waals surface area contributed by atoms with E-state index in [-0.39, 0.29) is 12.5 Å². The molecule has 0 heterocycles. The van der Waals surface area contributed by atoms with Gasteiger partial charge < -0.3 is 4.74 Å². The molecule has 0 bridgehead atoms. The van der Waals surface area contributed by atoms with Crippen LogP contribution in [0.3, 0.4) is 0 Å². The Kier molecular flexibility index (Phi) is 5.16. The predicted molar refractivity (Wildman–Crippen MR) is 71.4 cm³/mol. The summed E-state index contributed by atoms with van der Waals surface area (Å²) in [7, 11) is -3.37. The fourth-order valence-corrected chi connectivity index (χ4v) is 2.02. The van der Waals surface area contributed by atoms with Crippen LogP contribution in [0.15, 0.2) is 18.2 Å². The lowest BCUT2D eigenvalue weighted by Crippen LogP contribution is -2.17. The highest BCUT2D eigenvalue weighted by molar-refractivity contribution is 7.85.